The Bertz CT molecular complexity index is 646. The minimum absolute atomic E-state index is 0.0736. The van der Waals surface area contributed by atoms with Crippen LogP contribution in [0, 0.1) is 6.92 Å². The van der Waals surface area contributed by atoms with E-state index >= 15 is 0 Å². The molecule has 0 aliphatic carbocycles. The summed E-state index contributed by atoms with van der Waals surface area (Å²) in [6.07, 6.45) is 0. The minimum atomic E-state index is -1.54. The minimum Gasteiger partial charge on any atom is -0.428 e. The first-order chi connectivity index (χ1) is 11.2. The molecule has 4 heteroatoms. The average Bonchev–Trinajstić information content (AvgIpc) is 2.64. The number of benzene rings is 3. The van der Waals surface area contributed by atoms with Gasteiger partial charge in [-0.3, -0.25) is 0 Å². The van der Waals surface area contributed by atoms with E-state index in [1.807, 2.05) is 91.9 Å². The second-order valence-electron chi connectivity index (χ2n) is 5.06. The van der Waals surface area contributed by atoms with E-state index in [9.17, 15) is 4.80 Å². The van der Waals surface area contributed by atoms with Crippen molar-refractivity contribution in [3.63, 3.8) is 0 Å². The van der Waals surface area contributed by atoms with Crippen molar-refractivity contribution in [3.8, 4) is 0 Å². The summed E-state index contributed by atoms with van der Waals surface area (Å²) < 4.78 is 0. The molecular weight excluding hydrogens is 316 g/mol. The summed E-state index contributed by atoms with van der Waals surface area (Å²) in [7, 11) is -1.62. The van der Waals surface area contributed by atoms with Crippen LogP contribution in [0.2, 0.25) is 0 Å². The molecule has 3 aromatic carbocycles. The summed E-state index contributed by atoms with van der Waals surface area (Å²) in [5.74, 6) is 0. The van der Waals surface area contributed by atoms with Crippen LogP contribution in [-0.4, -0.2) is 28.4 Å². The molecule has 0 aliphatic heterocycles. The lowest BCUT2D eigenvalue weighted by Gasteiger charge is -2.06. The third kappa shape index (κ3) is 5.61. The summed E-state index contributed by atoms with van der Waals surface area (Å²) in [6.45, 7) is 2.03. The summed E-state index contributed by atoms with van der Waals surface area (Å²) >= 11 is 0. The van der Waals surface area contributed by atoms with Crippen LogP contribution in [0.25, 0.3) is 0 Å². The average molecular weight is 336 g/mol. The molecule has 0 amide bonds. The summed E-state index contributed by atoms with van der Waals surface area (Å²) in [4.78, 5) is 18.7. The highest BCUT2D eigenvalue weighted by atomic mass is 28.3. The van der Waals surface area contributed by atoms with E-state index in [-0.39, 0.29) is 9.76 Å². The number of hydrogen-bond acceptors (Lipinski definition) is 2. The zero-order valence-corrected chi connectivity index (χ0v) is 15.0. The Kier molecular flexibility index (Phi) is 6.96. The van der Waals surface area contributed by atoms with Gasteiger partial charge in [0, 0.05) is 0 Å². The van der Waals surface area contributed by atoms with E-state index in [0.717, 1.165) is 15.6 Å². The fourth-order valence-electron chi connectivity index (χ4n) is 1.99. The SMILES string of the molecule is Cc1ccc([Si]O)cc1.O[Si](c1ccccc1)c1ccccc1. The van der Waals surface area contributed by atoms with Gasteiger partial charge in [0.15, 0.2) is 0 Å². The molecule has 0 saturated carbocycles. The number of rotatable bonds is 3. The number of hydrogen-bond donors (Lipinski definition) is 2. The lowest BCUT2D eigenvalue weighted by molar-refractivity contribution is 0.600. The molecule has 3 radical (unpaired) electrons. The third-order valence-electron chi connectivity index (χ3n) is 3.28. The molecular formula is C19H19O2Si2. The first-order valence-corrected chi connectivity index (χ1v) is 9.73. The highest BCUT2D eigenvalue weighted by Gasteiger charge is 2.12. The van der Waals surface area contributed by atoms with Gasteiger partial charge in [-0.1, -0.05) is 90.5 Å². The van der Waals surface area contributed by atoms with Crippen molar-refractivity contribution < 1.29 is 9.59 Å². The van der Waals surface area contributed by atoms with E-state index in [2.05, 4.69) is 0 Å². The molecule has 0 aromatic heterocycles. The zero-order valence-electron chi connectivity index (χ0n) is 13.0. The van der Waals surface area contributed by atoms with Crippen LogP contribution in [0.15, 0.2) is 84.9 Å². The van der Waals surface area contributed by atoms with Crippen LogP contribution in [0.3, 0.4) is 0 Å². The van der Waals surface area contributed by atoms with E-state index in [1.165, 1.54) is 5.56 Å². The van der Waals surface area contributed by atoms with Gasteiger partial charge >= 0.3 is 0 Å². The van der Waals surface area contributed by atoms with Crippen molar-refractivity contribution in [1.82, 2.24) is 0 Å². The lowest BCUT2D eigenvalue weighted by Crippen LogP contribution is -2.41. The molecule has 2 N–H and O–H groups in total. The van der Waals surface area contributed by atoms with E-state index < -0.39 is 9.04 Å². The molecule has 2 nitrogen and oxygen atoms in total. The second-order valence-corrected chi connectivity index (χ2v) is 7.71. The van der Waals surface area contributed by atoms with Crippen molar-refractivity contribution in [2.75, 3.05) is 0 Å². The first kappa shape index (κ1) is 17.4. The molecule has 0 saturated heterocycles. The van der Waals surface area contributed by atoms with Crippen molar-refractivity contribution in [3.05, 3.63) is 90.5 Å². The van der Waals surface area contributed by atoms with Gasteiger partial charge in [0.2, 0.25) is 0 Å². The van der Waals surface area contributed by atoms with Gasteiger partial charge in [-0.05, 0) is 22.5 Å². The highest BCUT2D eigenvalue weighted by molar-refractivity contribution is 6.78. The Balaban J connectivity index is 0.000000185. The normalized spacial score (nSPS) is 10.1. The van der Waals surface area contributed by atoms with Crippen LogP contribution in [0.5, 0.6) is 0 Å². The Labute approximate surface area is 141 Å². The molecule has 115 valence electrons. The number of aryl methyl sites for hydroxylation is 1. The Morgan fingerprint density at radius 3 is 1.52 bits per heavy atom. The van der Waals surface area contributed by atoms with Gasteiger partial charge in [0.25, 0.3) is 18.8 Å². The summed E-state index contributed by atoms with van der Waals surface area (Å²) in [6, 6.07) is 27.5. The van der Waals surface area contributed by atoms with E-state index in [1.54, 1.807) is 0 Å². The third-order valence-corrected chi connectivity index (χ3v) is 5.63. The van der Waals surface area contributed by atoms with E-state index in [4.69, 9.17) is 4.80 Å². The Morgan fingerprint density at radius 1 is 0.696 bits per heavy atom. The second kappa shape index (κ2) is 9.22. The maximum Gasteiger partial charge on any atom is 0.280 e. The highest BCUT2D eigenvalue weighted by Crippen LogP contribution is 1.91. The maximum atomic E-state index is 10.1. The molecule has 0 atom stereocenters. The predicted molar refractivity (Wildman–Crippen MR) is 98.9 cm³/mol. The fraction of sp³-hybridized carbons (Fsp3) is 0.0526. The van der Waals surface area contributed by atoms with Crippen LogP contribution in [-0.2, 0) is 0 Å². The van der Waals surface area contributed by atoms with Crippen molar-refractivity contribution in [1.29, 1.82) is 0 Å². The monoisotopic (exact) mass is 335 g/mol. The summed E-state index contributed by atoms with van der Waals surface area (Å²) in [5.41, 5.74) is 1.23. The molecule has 0 bridgehead atoms. The Hall–Kier alpha value is -1.99. The smallest absolute Gasteiger partial charge is 0.280 e. The molecule has 0 fully saturated rings. The van der Waals surface area contributed by atoms with Gasteiger partial charge in [0.05, 0.1) is 0 Å². The topological polar surface area (TPSA) is 40.5 Å². The van der Waals surface area contributed by atoms with Gasteiger partial charge in [-0.25, -0.2) is 0 Å². The molecule has 3 rings (SSSR count). The maximum absolute atomic E-state index is 10.1. The molecule has 0 heterocycles. The van der Waals surface area contributed by atoms with Crippen LogP contribution < -0.4 is 15.6 Å². The van der Waals surface area contributed by atoms with Crippen molar-refractivity contribution in [2.45, 2.75) is 6.92 Å². The zero-order chi connectivity index (χ0) is 16.5. The van der Waals surface area contributed by atoms with E-state index in [0.29, 0.717) is 0 Å². The van der Waals surface area contributed by atoms with Crippen molar-refractivity contribution >= 4 is 34.4 Å². The standard InChI is InChI=1S/C12H11OSi.C7H8OSi/c13-14(11-7-3-1-4-8-11)12-9-5-2-6-10-12;1-6-2-4-7(9-8)5-3-6/h1-10,13H;2-5,8H,1H3. The largest absolute Gasteiger partial charge is 0.428 e. The van der Waals surface area contributed by atoms with Gasteiger partial charge in [-0.15, -0.1) is 0 Å². The van der Waals surface area contributed by atoms with Gasteiger partial charge < -0.3 is 9.59 Å². The van der Waals surface area contributed by atoms with Crippen LogP contribution in [0.1, 0.15) is 5.56 Å². The van der Waals surface area contributed by atoms with Crippen LogP contribution >= 0.6 is 0 Å². The quantitative estimate of drug-likeness (QED) is 0.702. The molecule has 23 heavy (non-hydrogen) atoms. The van der Waals surface area contributed by atoms with Crippen LogP contribution in [0.4, 0.5) is 0 Å². The first-order valence-electron chi connectivity index (χ1n) is 7.34. The van der Waals surface area contributed by atoms with Crippen molar-refractivity contribution in [2.24, 2.45) is 0 Å². The molecule has 3 aromatic rings. The molecule has 0 unspecified atom stereocenters. The van der Waals surface area contributed by atoms with Gasteiger partial charge in [-0.2, -0.15) is 0 Å². The van der Waals surface area contributed by atoms with Gasteiger partial charge in [0.1, 0.15) is 0 Å². The predicted octanol–water partition coefficient (Wildman–Crippen LogP) is 1.02. The lowest BCUT2D eigenvalue weighted by atomic mass is 10.2. The fourth-order valence-corrected chi connectivity index (χ4v) is 3.65. The molecule has 0 spiro atoms. The Morgan fingerprint density at radius 2 is 1.13 bits per heavy atom. The molecule has 0 aliphatic rings. The summed E-state index contributed by atoms with van der Waals surface area (Å²) in [5, 5.41) is 3.06.